The molecule has 1 N–H and O–H groups in total. The summed E-state index contributed by atoms with van der Waals surface area (Å²) in [5.74, 6) is 0.706. The van der Waals surface area contributed by atoms with E-state index in [0.29, 0.717) is 13.0 Å². The van der Waals surface area contributed by atoms with Crippen molar-refractivity contribution in [1.82, 2.24) is 14.9 Å². The van der Waals surface area contributed by atoms with E-state index in [1.165, 1.54) is 5.56 Å². The highest BCUT2D eigenvalue weighted by molar-refractivity contribution is 7.99. The lowest BCUT2D eigenvalue weighted by Gasteiger charge is -2.13. The van der Waals surface area contributed by atoms with Gasteiger partial charge in [0.25, 0.3) is 5.56 Å². The SMILES string of the molecule is CCc1cc(=O)n2c(n1)SCC2CC(=O)NCCc1ccccc1. The van der Waals surface area contributed by atoms with Gasteiger partial charge in [-0.05, 0) is 18.4 Å². The normalized spacial score (nSPS) is 16.0. The van der Waals surface area contributed by atoms with Gasteiger partial charge in [-0.2, -0.15) is 0 Å². The van der Waals surface area contributed by atoms with Crippen LogP contribution in [0.5, 0.6) is 0 Å². The molecule has 2 heterocycles. The summed E-state index contributed by atoms with van der Waals surface area (Å²) in [6, 6.07) is 11.5. The van der Waals surface area contributed by atoms with Crippen LogP contribution in [0.4, 0.5) is 0 Å². The number of fused-ring (bicyclic) bond motifs is 1. The van der Waals surface area contributed by atoms with E-state index in [1.807, 2.05) is 37.3 Å². The van der Waals surface area contributed by atoms with E-state index < -0.39 is 0 Å². The second-order valence-electron chi connectivity index (χ2n) is 5.85. The van der Waals surface area contributed by atoms with E-state index in [2.05, 4.69) is 10.3 Å². The summed E-state index contributed by atoms with van der Waals surface area (Å²) in [7, 11) is 0. The highest BCUT2D eigenvalue weighted by atomic mass is 32.2. The van der Waals surface area contributed by atoms with Crippen molar-refractivity contribution in [2.75, 3.05) is 12.3 Å². The van der Waals surface area contributed by atoms with Crippen LogP contribution in [0.1, 0.15) is 30.6 Å². The number of aryl methyl sites for hydroxylation is 1. The van der Waals surface area contributed by atoms with Crippen LogP contribution in [0.25, 0.3) is 0 Å². The second kappa shape index (κ2) is 7.66. The molecule has 1 aliphatic heterocycles. The Morgan fingerprint density at radius 2 is 2.17 bits per heavy atom. The van der Waals surface area contributed by atoms with Crippen molar-refractivity contribution in [3.8, 4) is 0 Å². The molecule has 1 aromatic carbocycles. The van der Waals surface area contributed by atoms with Crippen LogP contribution in [0.15, 0.2) is 46.3 Å². The van der Waals surface area contributed by atoms with Crippen molar-refractivity contribution >= 4 is 17.7 Å². The predicted octanol–water partition coefficient (Wildman–Crippen LogP) is 2.20. The Morgan fingerprint density at radius 3 is 2.92 bits per heavy atom. The Hall–Kier alpha value is -2.08. The molecule has 0 bridgehead atoms. The van der Waals surface area contributed by atoms with Gasteiger partial charge >= 0.3 is 0 Å². The lowest BCUT2D eigenvalue weighted by atomic mass is 10.1. The molecule has 1 aromatic heterocycles. The van der Waals surface area contributed by atoms with Crippen molar-refractivity contribution in [2.24, 2.45) is 0 Å². The number of rotatable bonds is 6. The van der Waals surface area contributed by atoms with Crippen molar-refractivity contribution in [2.45, 2.75) is 37.4 Å². The molecular weight excluding hydrogens is 322 g/mol. The Kier molecular flexibility index (Phi) is 5.35. The summed E-state index contributed by atoms with van der Waals surface area (Å²) < 4.78 is 1.67. The minimum Gasteiger partial charge on any atom is -0.356 e. The number of nitrogens with zero attached hydrogens (tertiary/aromatic N) is 2. The molecule has 1 unspecified atom stereocenters. The van der Waals surface area contributed by atoms with Crippen LogP contribution >= 0.6 is 11.8 Å². The minimum absolute atomic E-state index is 0.0177. The number of aromatic nitrogens is 2. The van der Waals surface area contributed by atoms with E-state index in [0.717, 1.165) is 29.4 Å². The average molecular weight is 343 g/mol. The van der Waals surface area contributed by atoms with E-state index >= 15 is 0 Å². The molecular formula is C18H21N3O2S. The van der Waals surface area contributed by atoms with Gasteiger partial charge in [0.05, 0.1) is 6.04 Å². The largest absolute Gasteiger partial charge is 0.356 e. The molecule has 1 amide bonds. The maximum absolute atomic E-state index is 12.3. The molecule has 1 atom stereocenters. The van der Waals surface area contributed by atoms with Crippen LogP contribution in [0, 0.1) is 0 Å². The molecule has 3 rings (SSSR count). The van der Waals surface area contributed by atoms with Gasteiger partial charge in [-0.15, -0.1) is 0 Å². The van der Waals surface area contributed by atoms with E-state index in [-0.39, 0.29) is 17.5 Å². The van der Waals surface area contributed by atoms with E-state index in [1.54, 1.807) is 22.4 Å². The van der Waals surface area contributed by atoms with Crippen LogP contribution in [0.3, 0.4) is 0 Å². The molecule has 24 heavy (non-hydrogen) atoms. The molecule has 0 spiro atoms. The molecule has 0 saturated heterocycles. The molecule has 6 heteroatoms. The number of thioether (sulfide) groups is 1. The lowest BCUT2D eigenvalue weighted by Crippen LogP contribution is -2.31. The summed E-state index contributed by atoms with van der Waals surface area (Å²) >= 11 is 1.55. The first kappa shape index (κ1) is 16.8. The Bertz CT molecular complexity index is 774. The third kappa shape index (κ3) is 3.87. The van der Waals surface area contributed by atoms with Crippen LogP contribution in [-0.4, -0.2) is 27.8 Å². The quantitative estimate of drug-likeness (QED) is 0.817. The van der Waals surface area contributed by atoms with Crippen LogP contribution in [0.2, 0.25) is 0 Å². The number of hydrogen-bond donors (Lipinski definition) is 1. The maximum atomic E-state index is 12.3. The van der Waals surface area contributed by atoms with Gasteiger partial charge < -0.3 is 5.32 Å². The molecule has 126 valence electrons. The second-order valence-corrected chi connectivity index (χ2v) is 6.83. The number of hydrogen-bond acceptors (Lipinski definition) is 4. The summed E-state index contributed by atoms with van der Waals surface area (Å²) in [5, 5.41) is 3.68. The fourth-order valence-electron chi connectivity index (χ4n) is 2.81. The zero-order chi connectivity index (χ0) is 16.9. The zero-order valence-electron chi connectivity index (χ0n) is 13.7. The van der Waals surface area contributed by atoms with Crippen molar-refractivity contribution in [1.29, 1.82) is 0 Å². The van der Waals surface area contributed by atoms with Gasteiger partial charge in [-0.25, -0.2) is 4.98 Å². The Labute approximate surface area is 145 Å². The monoisotopic (exact) mass is 343 g/mol. The summed E-state index contributed by atoms with van der Waals surface area (Å²) in [6.07, 6.45) is 1.88. The molecule has 0 fully saturated rings. The highest BCUT2D eigenvalue weighted by Crippen LogP contribution is 2.31. The van der Waals surface area contributed by atoms with Crippen LogP contribution in [-0.2, 0) is 17.6 Å². The van der Waals surface area contributed by atoms with Gasteiger partial charge in [0.15, 0.2) is 5.16 Å². The van der Waals surface area contributed by atoms with E-state index in [4.69, 9.17) is 0 Å². The molecule has 1 aliphatic rings. The minimum atomic E-state index is -0.104. The number of benzene rings is 1. The zero-order valence-corrected chi connectivity index (χ0v) is 14.5. The number of carbonyl (C=O) groups is 1. The molecule has 0 radical (unpaired) electrons. The van der Waals surface area contributed by atoms with Crippen molar-refractivity contribution < 1.29 is 4.79 Å². The smallest absolute Gasteiger partial charge is 0.254 e. The Balaban J connectivity index is 1.56. The lowest BCUT2D eigenvalue weighted by molar-refractivity contribution is -0.121. The fraction of sp³-hybridized carbons (Fsp3) is 0.389. The first-order valence-corrected chi connectivity index (χ1v) is 9.22. The first-order chi connectivity index (χ1) is 11.7. The fourth-order valence-corrected chi connectivity index (χ4v) is 3.98. The molecule has 2 aromatic rings. The van der Waals surface area contributed by atoms with Crippen LogP contribution < -0.4 is 10.9 Å². The third-order valence-corrected chi connectivity index (χ3v) is 5.20. The molecule has 0 saturated carbocycles. The average Bonchev–Trinajstić information content (AvgIpc) is 2.99. The summed E-state index contributed by atoms with van der Waals surface area (Å²) in [4.78, 5) is 28.9. The number of amides is 1. The first-order valence-electron chi connectivity index (χ1n) is 8.23. The van der Waals surface area contributed by atoms with E-state index in [9.17, 15) is 9.59 Å². The van der Waals surface area contributed by atoms with Gasteiger partial charge in [-0.3, -0.25) is 14.2 Å². The van der Waals surface area contributed by atoms with Crippen molar-refractivity contribution in [3.05, 3.63) is 58.0 Å². The summed E-state index contributed by atoms with van der Waals surface area (Å²) in [5.41, 5.74) is 1.96. The standard InChI is InChI=1S/C18H21N3O2S/c1-2-14-10-17(23)21-15(12-24-18(21)20-14)11-16(22)19-9-8-13-6-4-3-5-7-13/h3-7,10,15H,2,8-9,11-12H2,1H3,(H,19,22). The third-order valence-electron chi connectivity index (χ3n) is 4.10. The maximum Gasteiger partial charge on any atom is 0.254 e. The predicted molar refractivity (Wildman–Crippen MR) is 95.4 cm³/mol. The van der Waals surface area contributed by atoms with Gasteiger partial charge in [0.2, 0.25) is 5.91 Å². The molecule has 0 aliphatic carbocycles. The highest BCUT2D eigenvalue weighted by Gasteiger charge is 2.27. The Morgan fingerprint density at radius 1 is 1.38 bits per heavy atom. The number of nitrogens with one attached hydrogen (secondary N) is 1. The van der Waals surface area contributed by atoms with Gasteiger partial charge in [-0.1, -0.05) is 49.0 Å². The number of carbonyl (C=O) groups excluding carboxylic acids is 1. The topological polar surface area (TPSA) is 64.0 Å². The van der Waals surface area contributed by atoms with Gasteiger partial charge in [0, 0.05) is 30.5 Å². The van der Waals surface area contributed by atoms with Crippen molar-refractivity contribution in [3.63, 3.8) is 0 Å². The molecule has 5 nitrogen and oxygen atoms in total. The van der Waals surface area contributed by atoms with Gasteiger partial charge in [0.1, 0.15) is 0 Å². The summed E-state index contributed by atoms with van der Waals surface area (Å²) in [6.45, 7) is 2.59.